The fraction of sp³-hybridized carbons (Fsp3) is 0.389. The minimum atomic E-state index is -0.192. The molecule has 3 N–H and O–H groups in total. The van der Waals surface area contributed by atoms with Crippen LogP contribution in [0.3, 0.4) is 0 Å². The molecule has 0 saturated heterocycles. The number of hydrogen-bond acceptors (Lipinski definition) is 4. The molecule has 0 radical (unpaired) electrons. The van der Waals surface area contributed by atoms with Crippen molar-refractivity contribution in [2.45, 2.75) is 31.9 Å². The number of phenolic OH excluding ortho intramolecular Hbond substituents is 1. The lowest BCUT2D eigenvalue weighted by atomic mass is 10.1. The third-order valence-electron chi connectivity index (χ3n) is 4.13. The molecule has 24 heavy (non-hydrogen) atoms. The molecular weight excluding hydrogens is 308 g/mol. The Labute approximate surface area is 140 Å². The third-order valence-corrected chi connectivity index (χ3v) is 4.13. The fourth-order valence-corrected chi connectivity index (χ4v) is 2.94. The maximum absolute atomic E-state index is 12.0. The van der Waals surface area contributed by atoms with Crippen LogP contribution in [0.5, 0.6) is 5.75 Å². The zero-order valence-corrected chi connectivity index (χ0v) is 13.5. The predicted molar refractivity (Wildman–Crippen MR) is 88.7 cm³/mol. The largest absolute Gasteiger partial charge is 0.508 e. The minimum Gasteiger partial charge on any atom is -0.508 e. The lowest BCUT2D eigenvalue weighted by Gasteiger charge is -2.15. The third kappa shape index (κ3) is 4.08. The van der Waals surface area contributed by atoms with Crippen molar-refractivity contribution in [2.75, 3.05) is 13.2 Å². The van der Waals surface area contributed by atoms with Crippen LogP contribution >= 0.6 is 0 Å². The first-order chi connectivity index (χ1) is 11.7. The van der Waals surface area contributed by atoms with Crippen molar-refractivity contribution in [3.8, 4) is 5.75 Å². The number of fused-ring (bicyclic) bond motifs is 1. The van der Waals surface area contributed by atoms with E-state index >= 15 is 0 Å². The molecule has 3 rings (SSSR count). The van der Waals surface area contributed by atoms with Gasteiger partial charge in [-0.2, -0.15) is 0 Å². The molecule has 1 atom stereocenters. The van der Waals surface area contributed by atoms with Crippen LogP contribution in [0.25, 0.3) is 0 Å². The van der Waals surface area contributed by atoms with Crippen molar-refractivity contribution < 1.29 is 19.1 Å². The van der Waals surface area contributed by atoms with Crippen LogP contribution in [0.4, 0.5) is 4.79 Å². The molecule has 1 aromatic heterocycles. The number of carbonyl (C=O) groups excluding carboxylic acids is 1. The molecule has 2 aromatic rings. The Morgan fingerprint density at radius 1 is 1.33 bits per heavy atom. The summed E-state index contributed by atoms with van der Waals surface area (Å²) in [6.45, 7) is 1.55. The highest BCUT2D eigenvalue weighted by Crippen LogP contribution is 2.36. The Balaban J connectivity index is 1.33. The number of carbonyl (C=O) groups is 1. The molecule has 0 spiro atoms. The highest BCUT2D eigenvalue weighted by molar-refractivity contribution is 5.74. The summed E-state index contributed by atoms with van der Waals surface area (Å²) in [5, 5.41) is 15.6. The van der Waals surface area contributed by atoms with E-state index in [1.807, 2.05) is 24.3 Å². The lowest BCUT2D eigenvalue weighted by molar-refractivity contribution is 0.104. The van der Waals surface area contributed by atoms with Gasteiger partial charge in [-0.25, -0.2) is 4.79 Å². The molecule has 1 heterocycles. The molecular formula is C18H22N2O4. The fourth-order valence-electron chi connectivity index (χ4n) is 2.94. The number of furan rings is 1. The van der Waals surface area contributed by atoms with Gasteiger partial charge < -0.3 is 24.9 Å². The highest BCUT2D eigenvalue weighted by Gasteiger charge is 2.25. The van der Waals surface area contributed by atoms with Crippen molar-refractivity contribution >= 4 is 6.03 Å². The Kier molecular flexibility index (Phi) is 5.38. The van der Waals surface area contributed by atoms with Gasteiger partial charge in [-0.3, -0.25) is 0 Å². The Morgan fingerprint density at radius 3 is 3.08 bits per heavy atom. The van der Waals surface area contributed by atoms with Gasteiger partial charge in [0.2, 0.25) is 0 Å². The van der Waals surface area contributed by atoms with E-state index in [4.69, 9.17) is 9.15 Å². The maximum Gasteiger partial charge on any atom is 0.315 e. The Morgan fingerprint density at radius 2 is 2.25 bits per heavy atom. The lowest BCUT2D eigenvalue weighted by Crippen LogP contribution is -2.38. The Bertz CT molecular complexity index is 670. The van der Waals surface area contributed by atoms with Crippen LogP contribution in [0.2, 0.25) is 0 Å². The Hall–Kier alpha value is -2.47. The smallest absolute Gasteiger partial charge is 0.315 e. The molecule has 128 valence electrons. The number of urea groups is 1. The van der Waals surface area contributed by atoms with Gasteiger partial charge in [0.05, 0.1) is 12.3 Å². The topological polar surface area (TPSA) is 83.7 Å². The predicted octanol–water partition coefficient (Wildman–Crippen LogP) is 2.88. The number of benzene rings is 1. The monoisotopic (exact) mass is 330 g/mol. The zero-order chi connectivity index (χ0) is 16.8. The number of phenols is 1. The molecule has 0 bridgehead atoms. The second-order valence-electron chi connectivity index (χ2n) is 5.82. The van der Waals surface area contributed by atoms with Crippen LogP contribution in [0.1, 0.15) is 35.8 Å². The second kappa shape index (κ2) is 7.88. The number of nitrogens with one attached hydrogen (secondary N) is 2. The van der Waals surface area contributed by atoms with E-state index in [0.29, 0.717) is 25.5 Å². The van der Waals surface area contributed by atoms with Gasteiger partial charge in [0.25, 0.3) is 0 Å². The van der Waals surface area contributed by atoms with E-state index < -0.39 is 0 Å². The van der Waals surface area contributed by atoms with E-state index in [2.05, 4.69) is 10.6 Å². The molecule has 1 aliphatic rings. The summed E-state index contributed by atoms with van der Waals surface area (Å²) in [5.74, 6) is 1.11. The first-order valence-corrected chi connectivity index (χ1v) is 8.19. The highest BCUT2D eigenvalue weighted by atomic mass is 16.5. The van der Waals surface area contributed by atoms with Gasteiger partial charge in [-0.05, 0) is 48.6 Å². The van der Waals surface area contributed by atoms with Crippen LogP contribution < -0.4 is 10.6 Å². The van der Waals surface area contributed by atoms with Crippen LogP contribution in [0.15, 0.2) is 41.0 Å². The summed E-state index contributed by atoms with van der Waals surface area (Å²) in [5.41, 5.74) is 1.95. The molecule has 6 nitrogen and oxygen atoms in total. The number of ether oxygens (including phenoxy) is 1. The molecule has 0 fully saturated rings. The number of amides is 2. The first-order valence-electron chi connectivity index (χ1n) is 8.19. The maximum atomic E-state index is 12.0. The van der Waals surface area contributed by atoms with E-state index in [-0.39, 0.29) is 12.1 Å². The molecule has 6 heteroatoms. The van der Waals surface area contributed by atoms with Crippen molar-refractivity contribution in [3.05, 3.63) is 53.5 Å². The van der Waals surface area contributed by atoms with Crippen LogP contribution in [-0.4, -0.2) is 24.3 Å². The molecule has 2 amide bonds. The molecule has 0 aliphatic heterocycles. The SMILES string of the molecule is O=C(NCCCOCc1ccco1)N[C@@H]1CCc2c(O)cccc21. The molecule has 1 aliphatic carbocycles. The van der Waals surface area contributed by atoms with Crippen LogP contribution in [0, 0.1) is 0 Å². The van der Waals surface area contributed by atoms with Crippen molar-refractivity contribution in [2.24, 2.45) is 0 Å². The van der Waals surface area contributed by atoms with Gasteiger partial charge in [-0.15, -0.1) is 0 Å². The van der Waals surface area contributed by atoms with Gasteiger partial charge >= 0.3 is 6.03 Å². The second-order valence-corrected chi connectivity index (χ2v) is 5.82. The zero-order valence-electron chi connectivity index (χ0n) is 13.5. The quantitative estimate of drug-likeness (QED) is 0.682. The normalized spacial score (nSPS) is 15.9. The van der Waals surface area contributed by atoms with Crippen molar-refractivity contribution in [1.29, 1.82) is 0 Å². The summed E-state index contributed by atoms with van der Waals surface area (Å²) in [6, 6.07) is 8.90. The summed E-state index contributed by atoms with van der Waals surface area (Å²) in [7, 11) is 0. The van der Waals surface area contributed by atoms with Crippen LogP contribution in [-0.2, 0) is 17.8 Å². The summed E-state index contributed by atoms with van der Waals surface area (Å²) >= 11 is 0. The van der Waals surface area contributed by atoms with Gasteiger partial charge in [0.15, 0.2) is 0 Å². The molecule has 1 aromatic carbocycles. The average Bonchev–Trinajstić information content (AvgIpc) is 3.22. The summed E-state index contributed by atoms with van der Waals surface area (Å²) < 4.78 is 10.6. The standard InChI is InChI=1S/C18H22N2O4/c21-17-6-1-5-14-15(17)7-8-16(14)20-18(22)19-9-3-10-23-12-13-4-2-11-24-13/h1-2,4-6,11,16,21H,3,7-10,12H2,(H2,19,20,22)/t16-/m1/s1. The van der Waals surface area contributed by atoms with E-state index in [9.17, 15) is 9.90 Å². The van der Waals surface area contributed by atoms with E-state index in [0.717, 1.165) is 36.1 Å². The van der Waals surface area contributed by atoms with E-state index in [1.54, 1.807) is 12.3 Å². The van der Waals surface area contributed by atoms with Crippen molar-refractivity contribution in [1.82, 2.24) is 10.6 Å². The first kappa shape index (κ1) is 16.4. The number of rotatable bonds is 7. The molecule has 0 saturated carbocycles. The summed E-state index contributed by atoms with van der Waals surface area (Å²) in [6.07, 6.45) is 3.95. The van der Waals surface area contributed by atoms with Gasteiger partial charge in [0, 0.05) is 13.2 Å². The molecule has 0 unspecified atom stereocenters. The minimum absolute atomic E-state index is 0.0395. The van der Waals surface area contributed by atoms with Gasteiger partial charge in [-0.1, -0.05) is 12.1 Å². The van der Waals surface area contributed by atoms with Gasteiger partial charge in [0.1, 0.15) is 18.1 Å². The summed E-state index contributed by atoms with van der Waals surface area (Å²) in [4.78, 5) is 12.0. The number of aromatic hydroxyl groups is 1. The number of hydrogen-bond donors (Lipinski definition) is 3. The van der Waals surface area contributed by atoms with E-state index in [1.165, 1.54) is 0 Å². The average molecular weight is 330 g/mol. The van der Waals surface area contributed by atoms with Crippen molar-refractivity contribution in [3.63, 3.8) is 0 Å².